The van der Waals surface area contributed by atoms with E-state index in [4.69, 9.17) is 0 Å². The van der Waals surface area contributed by atoms with Crippen LogP contribution in [-0.2, 0) is 0 Å². The third-order valence-corrected chi connectivity index (χ3v) is 9.55. The van der Waals surface area contributed by atoms with Crippen molar-refractivity contribution in [2.24, 2.45) is 29.1 Å². The number of aliphatic hydroxyl groups is 4. The first-order valence-corrected chi connectivity index (χ1v) is 12.7. The molecule has 0 amide bonds. The van der Waals surface area contributed by atoms with E-state index in [2.05, 4.69) is 0 Å². The van der Waals surface area contributed by atoms with Crippen molar-refractivity contribution in [2.75, 3.05) is 0 Å². The molecule has 4 fully saturated rings. The third kappa shape index (κ3) is 4.86. The van der Waals surface area contributed by atoms with Crippen molar-refractivity contribution in [3.63, 3.8) is 0 Å². The van der Waals surface area contributed by atoms with Crippen LogP contribution in [0.4, 0.5) is 0 Å². The van der Waals surface area contributed by atoms with Gasteiger partial charge in [-0.1, -0.05) is 0 Å². The van der Waals surface area contributed by atoms with Crippen molar-refractivity contribution in [2.45, 2.75) is 127 Å². The molecule has 0 radical (unpaired) electrons. The maximum atomic E-state index is 10.8. The summed E-state index contributed by atoms with van der Waals surface area (Å²) in [4.78, 5) is 0. The zero-order valence-corrected chi connectivity index (χ0v) is 18.2. The smallest absolute Gasteiger partial charge is 0.0546 e. The van der Waals surface area contributed by atoms with Gasteiger partial charge < -0.3 is 20.4 Å². The van der Waals surface area contributed by atoms with Gasteiger partial charge in [-0.15, -0.1) is 0 Å². The van der Waals surface area contributed by atoms with E-state index in [9.17, 15) is 20.4 Å². The SMILES string of the molecule is OC1CCC(CC2CCC(O)CC2(C2CCC(O)CC2)C2CCC(O)CC2)CC1. The van der Waals surface area contributed by atoms with Gasteiger partial charge in [0.05, 0.1) is 24.4 Å². The summed E-state index contributed by atoms with van der Waals surface area (Å²) in [5.74, 6) is 2.61. The van der Waals surface area contributed by atoms with Gasteiger partial charge in [0.25, 0.3) is 0 Å². The fourth-order valence-corrected chi connectivity index (χ4v) is 8.02. The molecule has 0 aromatic heterocycles. The zero-order chi connectivity index (χ0) is 20.4. The number of rotatable bonds is 4. The van der Waals surface area contributed by atoms with Crippen molar-refractivity contribution in [3.8, 4) is 0 Å². The summed E-state index contributed by atoms with van der Waals surface area (Å²) in [6.07, 6.45) is 16.0. The van der Waals surface area contributed by atoms with Crippen LogP contribution in [0.25, 0.3) is 0 Å². The second-order valence-corrected chi connectivity index (χ2v) is 11.2. The van der Waals surface area contributed by atoms with E-state index in [0.717, 1.165) is 102 Å². The van der Waals surface area contributed by atoms with Gasteiger partial charge in [0.1, 0.15) is 0 Å². The lowest BCUT2D eigenvalue weighted by Crippen LogP contribution is -2.52. The first-order chi connectivity index (χ1) is 14.0. The van der Waals surface area contributed by atoms with Gasteiger partial charge in [0.15, 0.2) is 0 Å². The highest BCUT2D eigenvalue weighted by Crippen LogP contribution is 2.60. The first-order valence-electron chi connectivity index (χ1n) is 12.7. The van der Waals surface area contributed by atoms with Gasteiger partial charge in [-0.3, -0.25) is 0 Å². The molecule has 4 saturated carbocycles. The van der Waals surface area contributed by atoms with Crippen molar-refractivity contribution in [1.29, 1.82) is 0 Å². The summed E-state index contributed by atoms with van der Waals surface area (Å²) in [5, 5.41) is 41.1. The van der Waals surface area contributed by atoms with Gasteiger partial charge in [-0.25, -0.2) is 0 Å². The molecule has 4 heteroatoms. The predicted octanol–water partition coefficient (Wildman–Crippen LogP) is 4.18. The predicted molar refractivity (Wildman–Crippen MR) is 114 cm³/mol. The maximum Gasteiger partial charge on any atom is 0.0546 e. The van der Waals surface area contributed by atoms with Crippen molar-refractivity contribution < 1.29 is 20.4 Å². The van der Waals surface area contributed by atoms with Crippen LogP contribution in [0, 0.1) is 29.1 Å². The highest BCUT2D eigenvalue weighted by Gasteiger charge is 2.54. The third-order valence-electron chi connectivity index (χ3n) is 9.55. The lowest BCUT2D eigenvalue weighted by molar-refractivity contribution is -0.121. The first kappa shape index (κ1) is 22.0. The minimum atomic E-state index is -0.182. The van der Waals surface area contributed by atoms with Crippen LogP contribution in [0.2, 0.25) is 0 Å². The van der Waals surface area contributed by atoms with Crippen LogP contribution in [-0.4, -0.2) is 44.8 Å². The van der Waals surface area contributed by atoms with Gasteiger partial charge in [-0.05, 0) is 132 Å². The summed E-state index contributed by atoms with van der Waals surface area (Å²) in [5.41, 5.74) is 0.189. The topological polar surface area (TPSA) is 80.9 Å². The molecule has 2 atom stereocenters. The molecule has 29 heavy (non-hydrogen) atoms. The molecule has 4 aliphatic rings. The van der Waals surface area contributed by atoms with E-state index in [1.807, 2.05) is 0 Å². The Morgan fingerprint density at radius 1 is 0.483 bits per heavy atom. The average molecular weight is 409 g/mol. The van der Waals surface area contributed by atoms with Crippen LogP contribution >= 0.6 is 0 Å². The Kier molecular flexibility index (Phi) is 7.26. The van der Waals surface area contributed by atoms with Crippen LogP contribution in [0.15, 0.2) is 0 Å². The van der Waals surface area contributed by atoms with E-state index in [-0.39, 0.29) is 29.8 Å². The molecule has 0 saturated heterocycles. The van der Waals surface area contributed by atoms with Crippen molar-refractivity contribution in [1.82, 2.24) is 0 Å². The van der Waals surface area contributed by atoms with Crippen LogP contribution in [0.5, 0.6) is 0 Å². The average Bonchev–Trinajstić information content (AvgIpc) is 2.72. The highest BCUT2D eigenvalue weighted by atomic mass is 16.3. The van der Waals surface area contributed by atoms with Crippen LogP contribution in [0.1, 0.15) is 103 Å². The van der Waals surface area contributed by atoms with E-state index in [0.29, 0.717) is 17.8 Å². The summed E-state index contributed by atoms with van der Waals surface area (Å²) in [6.45, 7) is 0. The normalized spacial score (nSPS) is 49.7. The Morgan fingerprint density at radius 2 is 0.897 bits per heavy atom. The van der Waals surface area contributed by atoms with E-state index >= 15 is 0 Å². The second-order valence-electron chi connectivity index (χ2n) is 11.2. The molecule has 0 aliphatic heterocycles. The molecule has 0 aromatic rings. The van der Waals surface area contributed by atoms with Crippen molar-refractivity contribution in [3.05, 3.63) is 0 Å². The van der Waals surface area contributed by atoms with Gasteiger partial charge >= 0.3 is 0 Å². The standard InChI is InChI=1S/C25H44O4/c26-21-8-1-17(2-9-21)15-20-7-14-24(29)16-25(20,18-3-10-22(27)11-4-18)19-5-12-23(28)13-6-19/h17-24,26-29H,1-16H2. The number of aliphatic hydroxyl groups excluding tert-OH is 4. The van der Waals surface area contributed by atoms with Gasteiger partial charge in [-0.2, -0.15) is 0 Å². The monoisotopic (exact) mass is 408 g/mol. The second kappa shape index (κ2) is 9.54. The number of hydrogen-bond acceptors (Lipinski definition) is 4. The highest BCUT2D eigenvalue weighted by molar-refractivity contribution is 5.03. The Balaban J connectivity index is 1.59. The van der Waals surface area contributed by atoms with E-state index < -0.39 is 0 Å². The quantitative estimate of drug-likeness (QED) is 0.563. The molecular formula is C25H44O4. The fourth-order valence-electron chi connectivity index (χ4n) is 8.02. The summed E-state index contributed by atoms with van der Waals surface area (Å²) < 4.78 is 0. The molecule has 0 bridgehead atoms. The minimum Gasteiger partial charge on any atom is -0.393 e. The van der Waals surface area contributed by atoms with E-state index in [1.54, 1.807) is 0 Å². The Bertz CT molecular complexity index is 477. The van der Waals surface area contributed by atoms with Crippen LogP contribution in [0.3, 0.4) is 0 Å². The summed E-state index contributed by atoms with van der Waals surface area (Å²) >= 11 is 0. The summed E-state index contributed by atoms with van der Waals surface area (Å²) in [6, 6.07) is 0. The molecule has 4 nitrogen and oxygen atoms in total. The van der Waals surface area contributed by atoms with Crippen LogP contribution < -0.4 is 0 Å². The molecule has 4 N–H and O–H groups in total. The molecule has 0 spiro atoms. The summed E-state index contributed by atoms with van der Waals surface area (Å²) in [7, 11) is 0. The largest absolute Gasteiger partial charge is 0.393 e. The molecule has 2 unspecified atom stereocenters. The van der Waals surface area contributed by atoms with Crippen molar-refractivity contribution >= 4 is 0 Å². The molecule has 4 aliphatic carbocycles. The lowest BCUT2D eigenvalue weighted by atomic mass is 9.47. The fraction of sp³-hybridized carbons (Fsp3) is 1.00. The van der Waals surface area contributed by atoms with Gasteiger partial charge in [0, 0.05) is 0 Å². The Labute approximate surface area is 177 Å². The molecule has 0 heterocycles. The molecule has 4 rings (SSSR count). The lowest BCUT2D eigenvalue weighted by Gasteiger charge is -2.58. The van der Waals surface area contributed by atoms with E-state index in [1.165, 1.54) is 6.42 Å². The Morgan fingerprint density at radius 3 is 1.38 bits per heavy atom. The van der Waals surface area contributed by atoms with Gasteiger partial charge in [0.2, 0.25) is 0 Å². The Hall–Kier alpha value is -0.160. The molecule has 168 valence electrons. The molecule has 0 aromatic carbocycles. The number of hydrogen-bond donors (Lipinski definition) is 4. The minimum absolute atomic E-state index is 0.0937. The molecular weight excluding hydrogens is 364 g/mol. The maximum absolute atomic E-state index is 10.8. The zero-order valence-electron chi connectivity index (χ0n) is 18.2.